The molecule has 0 radical (unpaired) electrons. The highest BCUT2D eigenvalue weighted by Crippen LogP contribution is 2.66. The van der Waals surface area contributed by atoms with Crippen molar-refractivity contribution in [1.82, 2.24) is 9.55 Å². The first-order valence-electron chi connectivity index (χ1n) is 7.55. The molecule has 5 heteroatoms. The fourth-order valence-corrected chi connectivity index (χ4v) is 4.15. The molecule has 1 aromatic rings. The third-order valence-corrected chi connectivity index (χ3v) is 6.07. The highest BCUT2D eigenvalue weighted by molar-refractivity contribution is 5.69. The van der Waals surface area contributed by atoms with Crippen LogP contribution >= 0.6 is 0 Å². The van der Waals surface area contributed by atoms with Gasteiger partial charge in [-0.05, 0) is 36.7 Å². The van der Waals surface area contributed by atoms with Crippen molar-refractivity contribution < 1.29 is 9.53 Å². The fourth-order valence-electron chi connectivity index (χ4n) is 4.15. The molecule has 3 atom stereocenters. The molecule has 2 fully saturated rings. The molecule has 5 nitrogen and oxygen atoms in total. The van der Waals surface area contributed by atoms with Crippen LogP contribution in [0.3, 0.4) is 0 Å². The van der Waals surface area contributed by atoms with Crippen molar-refractivity contribution in [1.29, 1.82) is 0 Å². The first-order chi connectivity index (χ1) is 9.84. The second kappa shape index (κ2) is 4.68. The summed E-state index contributed by atoms with van der Waals surface area (Å²) in [6.07, 6.45) is 6.21. The van der Waals surface area contributed by atoms with Gasteiger partial charge in [0.25, 0.3) is 0 Å². The van der Waals surface area contributed by atoms with E-state index in [0.29, 0.717) is 5.92 Å². The molecule has 0 amide bonds. The Morgan fingerprint density at radius 1 is 1.48 bits per heavy atom. The van der Waals surface area contributed by atoms with Crippen LogP contribution in [0.4, 0.5) is 0 Å². The van der Waals surface area contributed by atoms with E-state index in [2.05, 4.69) is 25.8 Å². The average Bonchev–Trinajstić information content (AvgIpc) is 2.74. The third-order valence-electron chi connectivity index (χ3n) is 6.07. The van der Waals surface area contributed by atoms with E-state index in [0.717, 1.165) is 12.8 Å². The maximum absolute atomic E-state index is 12.1. The van der Waals surface area contributed by atoms with Crippen molar-refractivity contribution >= 4 is 5.97 Å². The lowest BCUT2D eigenvalue weighted by atomic mass is 9.70. The number of aromatic nitrogens is 2. The van der Waals surface area contributed by atoms with Crippen LogP contribution in [0, 0.1) is 16.7 Å². The van der Waals surface area contributed by atoms with E-state index < -0.39 is 5.69 Å². The predicted octanol–water partition coefficient (Wildman–Crippen LogP) is 2.00. The van der Waals surface area contributed by atoms with Gasteiger partial charge in [0.15, 0.2) is 0 Å². The molecular weight excluding hydrogens is 268 g/mol. The molecule has 1 heterocycles. The minimum Gasteiger partial charge on any atom is -0.460 e. The Hall–Kier alpha value is -1.65. The van der Waals surface area contributed by atoms with E-state index in [4.69, 9.17) is 4.74 Å². The number of carbonyl (C=O) groups excluding carboxylic acids is 1. The number of hydrogen-bond acceptors (Lipinski definition) is 4. The molecule has 0 N–H and O–H groups in total. The van der Waals surface area contributed by atoms with Crippen molar-refractivity contribution in [2.45, 2.75) is 52.7 Å². The summed E-state index contributed by atoms with van der Waals surface area (Å²) < 4.78 is 7.00. The molecule has 2 aliphatic carbocycles. The van der Waals surface area contributed by atoms with Crippen molar-refractivity contribution in [3.05, 3.63) is 28.9 Å². The number of fused-ring (bicyclic) bond motifs is 2. The van der Waals surface area contributed by atoms with Crippen molar-refractivity contribution in [3.8, 4) is 0 Å². The van der Waals surface area contributed by atoms with Crippen molar-refractivity contribution in [2.24, 2.45) is 16.7 Å². The van der Waals surface area contributed by atoms with Gasteiger partial charge in [0, 0.05) is 17.8 Å². The van der Waals surface area contributed by atoms with Crippen LogP contribution in [0.5, 0.6) is 0 Å². The zero-order valence-corrected chi connectivity index (χ0v) is 12.8. The standard InChI is InChI=1S/C16H22N2O3/c1-15(2)11-5-6-16(15,3)12(9-11)21-13(19)10-18-8-4-7-17-14(18)20/h4,7-8,11-12H,5-6,9-10H2,1-3H3. The Labute approximate surface area is 124 Å². The molecule has 2 saturated carbocycles. The Kier molecular flexibility index (Phi) is 3.19. The quantitative estimate of drug-likeness (QED) is 0.799. The first-order valence-corrected chi connectivity index (χ1v) is 7.55. The van der Waals surface area contributed by atoms with Gasteiger partial charge >= 0.3 is 11.7 Å². The predicted molar refractivity (Wildman–Crippen MR) is 77.6 cm³/mol. The van der Waals surface area contributed by atoms with Gasteiger partial charge in [-0.25, -0.2) is 9.78 Å². The Bertz CT molecular complexity index is 622. The van der Waals surface area contributed by atoms with Crippen LogP contribution in [-0.2, 0) is 16.1 Å². The first kappa shape index (κ1) is 14.3. The van der Waals surface area contributed by atoms with Gasteiger partial charge in [0.2, 0.25) is 0 Å². The van der Waals surface area contributed by atoms with Crippen LogP contribution in [-0.4, -0.2) is 21.6 Å². The molecule has 2 bridgehead atoms. The van der Waals surface area contributed by atoms with E-state index in [-0.39, 0.29) is 29.4 Å². The van der Waals surface area contributed by atoms with E-state index in [1.54, 1.807) is 12.3 Å². The lowest BCUT2D eigenvalue weighted by Gasteiger charge is -2.38. The maximum Gasteiger partial charge on any atom is 0.348 e. The number of esters is 1. The molecule has 2 aliphatic rings. The molecule has 114 valence electrons. The van der Waals surface area contributed by atoms with Gasteiger partial charge in [0.05, 0.1) is 0 Å². The Balaban J connectivity index is 1.70. The van der Waals surface area contributed by atoms with Crippen LogP contribution in [0.15, 0.2) is 23.3 Å². The Morgan fingerprint density at radius 3 is 2.81 bits per heavy atom. The smallest absolute Gasteiger partial charge is 0.348 e. The van der Waals surface area contributed by atoms with Crippen LogP contribution in [0.1, 0.15) is 40.0 Å². The number of hydrogen-bond donors (Lipinski definition) is 0. The summed E-state index contributed by atoms with van der Waals surface area (Å²) in [7, 11) is 0. The highest BCUT2D eigenvalue weighted by atomic mass is 16.5. The summed E-state index contributed by atoms with van der Waals surface area (Å²) in [5.41, 5.74) is -0.162. The zero-order valence-electron chi connectivity index (χ0n) is 12.8. The number of carbonyl (C=O) groups is 1. The lowest BCUT2D eigenvalue weighted by molar-refractivity contribution is -0.157. The summed E-state index contributed by atoms with van der Waals surface area (Å²) in [4.78, 5) is 27.3. The van der Waals surface area contributed by atoms with Gasteiger partial charge in [-0.2, -0.15) is 0 Å². The molecule has 0 aromatic carbocycles. The second-order valence-electron chi connectivity index (χ2n) is 7.12. The molecule has 3 unspecified atom stereocenters. The fraction of sp³-hybridized carbons (Fsp3) is 0.688. The second-order valence-corrected chi connectivity index (χ2v) is 7.12. The number of rotatable bonds is 3. The summed E-state index contributed by atoms with van der Waals surface area (Å²) in [5.74, 6) is 0.279. The Morgan fingerprint density at radius 2 is 2.24 bits per heavy atom. The van der Waals surface area contributed by atoms with E-state index in [9.17, 15) is 9.59 Å². The summed E-state index contributed by atoms with van der Waals surface area (Å²) in [5, 5.41) is 0. The molecule has 0 saturated heterocycles. The molecule has 3 rings (SSSR count). The number of ether oxygens (including phenoxy) is 1. The van der Waals surface area contributed by atoms with E-state index in [1.165, 1.54) is 17.2 Å². The molecule has 0 spiro atoms. The van der Waals surface area contributed by atoms with Gasteiger partial charge in [0.1, 0.15) is 12.6 Å². The highest BCUT2D eigenvalue weighted by Gasteiger charge is 2.62. The monoisotopic (exact) mass is 290 g/mol. The third kappa shape index (κ3) is 2.10. The zero-order chi connectivity index (χ0) is 15.3. The minimum absolute atomic E-state index is 0.0360. The summed E-state index contributed by atoms with van der Waals surface area (Å²) in [6, 6.07) is 1.64. The van der Waals surface area contributed by atoms with Gasteiger partial charge in [-0.3, -0.25) is 9.36 Å². The van der Waals surface area contributed by atoms with Gasteiger partial charge in [-0.1, -0.05) is 20.8 Å². The van der Waals surface area contributed by atoms with E-state index >= 15 is 0 Å². The lowest BCUT2D eigenvalue weighted by Crippen LogP contribution is -2.39. The van der Waals surface area contributed by atoms with Crippen LogP contribution < -0.4 is 5.69 Å². The van der Waals surface area contributed by atoms with Crippen LogP contribution in [0.25, 0.3) is 0 Å². The molecule has 21 heavy (non-hydrogen) atoms. The molecule has 1 aromatic heterocycles. The topological polar surface area (TPSA) is 61.2 Å². The van der Waals surface area contributed by atoms with Crippen molar-refractivity contribution in [3.63, 3.8) is 0 Å². The molecular formula is C16H22N2O3. The van der Waals surface area contributed by atoms with Gasteiger partial charge in [-0.15, -0.1) is 0 Å². The SMILES string of the molecule is CC1(C)C2CCC1(C)C(OC(=O)Cn1cccnc1=O)C2. The average molecular weight is 290 g/mol. The maximum atomic E-state index is 12.1. The number of nitrogens with zero attached hydrogens (tertiary/aromatic N) is 2. The molecule has 0 aliphatic heterocycles. The van der Waals surface area contributed by atoms with Crippen molar-refractivity contribution in [2.75, 3.05) is 0 Å². The minimum atomic E-state index is -0.422. The van der Waals surface area contributed by atoms with Crippen LogP contribution in [0.2, 0.25) is 0 Å². The van der Waals surface area contributed by atoms with E-state index in [1.807, 2.05) is 0 Å². The summed E-state index contributed by atoms with van der Waals surface area (Å²) in [6.45, 7) is 6.73. The largest absolute Gasteiger partial charge is 0.460 e. The van der Waals surface area contributed by atoms with Gasteiger partial charge < -0.3 is 4.74 Å². The normalized spacial score (nSPS) is 33.1. The summed E-state index contributed by atoms with van der Waals surface area (Å²) >= 11 is 0.